The third-order valence-corrected chi connectivity index (χ3v) is 4.63. The summed E-state index contributed by atoms with van der Waals surface area (Å²) in [5, 5.41) is 7.47. The molecule has 0 saturated heterocycles. The Balaban J connectivity index is 1.63. The molecule has 6 heteroatoms. The molecule has 29 heavy (non-hydrogen) atoms. The van der Waals surface area contributed by atoms with E-state index in [0.29, 0.717) is 6.54 Å². The zero-order chi connectivity index (χ0) is 21.0. The smallest absolute Gasteiger partial charge is 0.224 e. The van der Waals surface area contributed by atoms with Crippen LogP contribution in [-0.4, -0.2) is 21.8 Å². The van der Waals surface area contributed by atoms with Crippen LogP contribution in [0.3, 0.4) is 0 Å². The molecule has 1 heterocycles. The molecule has 0 aliphatic carbocycles. The van der Waals surface area contributed by atoms with Crippen molar-refractivity contribution in [1.29, 1.82) is 0 Å². The van der Waals surface area contributed by atoms with Crippen molar-refractivity contribution in [2.24, 2.45) is 0 Å². The van der Waals surface area contributed by atoms with Crippen LogP contribution in [0, 0.1) is 19.7 Å². The first-order valence-electron chi connectivity index (χ1n) is 9.67. The number of rotatable bonds is 7. The van der Waals surface area contributed by atoms with Crippen LogP contribution in [0.5, 0.6) is 5.75 Å². The summed E-state index contributed by atoms with van der Waals surface area (Å²) in [6.07, 6.45) is 0.371. The van der Waals surface area contributed by atoms with Crippen LogP contribution in [0.15, 0.2) is 48.5 Å². The Hall–Kier alpha value is -3.15. The van der Waals surface area contributed by atoms with E-state index in [1.807, 2.05) is 52.0 Å². The maximum absolute atomic E-state index is 13.2. The lowest BCUT2D eigenvalue weighted by molar-refractivity contribution is -0.120. The SMILES string of the molecule is Cc1nn(-c2ccc(F)cc2)c(C)c1CC(=O)NCc1ccc(OC(C)C)cc1. The monoisotopic (exact) mass is 395 g/mol. The molecular weight excluding hydrogens is 369 g/mol. The van der Waals surface area contributed by atoms with Gasteiger partial charge in [0.15, 0.2) is 0 Å². The van der Waals surface area contributed by atoms with Crippen LogP contribution in [-0.2, 0) is 17.8 Å². The molecule has 0 saturated carbocycles. The first-order chi connectivity index (χ1) is 13.8. The van der Waals surface area contributed by atoms with Gasteiger partial charge in [0.2, 0.25) is 5.91 Å². The topological polar surface area (TPSA) is 56.2 Å². The van der Waals surface area contributed by atoms with Gasteiger partial charge in [-0.2, -0.15) is 5.10 Å². The minimum atomic E-state index is -0.293. The molecule has 0 aliphatic heterocycles. The fourth-order valence-corrected chi connectivity index (χ4v) is 3.15. The molecule has 0 aliphatic rings. The second kappa shape index (κ2) is 8.90. The van der Waals surface area contributed by atoms with Gasteiger partial charge in [0.1, 0.15) is 11.6 Å². The lowest BCUT2D eigenvalue weighted by Gasteiger charge is -2.10. The predicted octanol–water partition coefficient (Wildman–Crippen LogP) is 4.27. The van der Waals surface area contributed by atoms with Crippen molar-refractivity contribution in [3.05, 3.63) is 76.9 Å². The number of aryl methyl sites for hydroxylation is 1. The van der Waals surface area contributed by atoms with Crippen LogP contribution >= 0.6 is 0 Å². The number of halogens is 1. The highest BCUT2D eigenvalue weighted by Gasteiger charge is 2.16. The number of hydrogen-bond acceptors (Lipinski definition) is 3. The summed E-state index contributed by atoms with van der Waals surface area (Å²) in [5.74, 6) is 0.450. The number of carbonyl (C=O) groups excluding carboxylic acids is 1. The highest BCUT2D eigenvalue weighted by molar-refractivity contribution is 5.79. The predicted molar refractivity (Wildman–Crippen MR) is 111 cm³/mol. The largest absolute Gasteiger partial charge is 0.491 e. The number of benzene rings is 2. The summed E-state index contributed by atoms with van der Waals surface area (Å²) < 4.78 is 20.5. The number of hydrogen-bond donors (Lipinski definition) is 1. The van der Waals surface area contributed by atoms with Crippen molar-refractivity contribution in [1.82, 2.24) is 15.1 Å². The Morgan fingerprint density at radius 2 is 1.76 bits per heavy atom. The van der Waals surface area contributed by atoms with E-state index in [-0.39, 0.29) is 24.2 Å². The molecule has 1 amide bonds. The van der Waals surface area contributed by atoms with E-state index in [1.54, 1.807) is 16.8 Å². The van der Waals surface area contributed by atoms with Crippen molar-refractivity contribution in [3.63, 3.8) is 0 Å². The zero-order valence-corrected chi connectivity index (χ0v) is 17.2. The van der Waals surface area contributed by atoms with Crippen molar-refractivity contribution >= 4 is 5.91 Å². The summed E-state index contributed by atoms with van der Waals surface area (Å²) >= 11 is 0. The van der Waals surface area contributed by atoms with Crippen LogP contribution in [0.2, 0.25) is 0 Å². The van der Waals surface area contributed by atoms with E-state index in [4.69, 9.17) is 4.74 Å². The standard InChI is InChI=1S/C23H26FN3O2/c1-15(2)29-21-11-5-18(6-12-21)14-25-23(28)13-22-16(3)26-27(17(22)4)20-9-7-19(24)8-10-20/h5-12,15H,13-14H2,1-4H3,(H,25,28). The second-order valence-electron chi connectivity index (χ2n) is 7.30. The van der Waals surface area contributed by atoms with E-state index in [0.717, 1.165) is 34.0 Å². The van der Waals surface area contributed by atoms with E-state index >= 15 is 0 Å². The van der Waals surface area contributed by atoms with Crippen molar-refractivity contribution in [3.8, 4) is 11.4 Å². The number of carbonyl (C=O) groups is 1. The van der Waals surface area contributed by atoms with Gasteiger partial charge in [0.25, 0.3) is 0 Å². The fraction of sp³-hybridized carbons (Fsp3) is 0.304. The van der Waals surface area contributed by atoms with Gasteiger partial charge in [-0.3, -0.25) is 4.79 Å². The average Bonchev–Trinajstić information content (AvgIpc) is 2.96. The van der Waals surface area contributed by atoms with Crippen molar-refractivity contribution < 1.29 is 13.9 Å². The van der Waals surface area contributed by atoms with Gasteiger partial charge >= 0.3 is 0 Å². The van der Waals surface area contributed by atoms with Crippen molar-refractivity contribution in [2.75, 3.05) is 0 Å². The average molecular weight is 395 g/mol. The Bertz CT molecular complexity index is 977. The van der Waals surface area contributed by atoms with E-state index in [9.17, 15) is 9.18 Å². The second-order valence-corrected chi connectivity index (χ2v) is 7.30. The van der Waals surface area contributed by atoms with Gasteiger partial charge in [-0.05, 0) is 69.7 Å². The lowest BCUT2D eigenvalue weighted by atomic mass is 10.1. The lowest BCUT2D eigenvalue weighted by Crippen LogP contribution is -2.25. The normalized spacial score (nSPS) is 11.0. The molecular formula is C23H26FN3O2. The number of aromatic nitrogens is 2. The third kappa shape index (κ3) is 5.22. The maximum atomic E-state index is 13.2. The summed E-state index contributed by atoms with van der Waals surface area (Å²) in [4.78, 5) is 12.5. The summed E-state index contributed by atoms with van der Waals surface area (Å²) in [5.41, 5.74) is 4.32. The quantitative estimate of drug-likeness (QED) is 0.650. The minimum absolute atomic E-state index is 0.0719. The Morgan fingerprint density at radius 1 is 1.10 bits per heavy atom. The van der Waals surface area contributed by atoms with Gasteiger partial charge in [0.05, 0.1) is 23.9 Å². The first-order valence-corrected chi connectivity index (χ1v) is 9.67. The molecule has 1 aromatic heterocycles. The van der Waals surface area contributed by atoms with Crippen LogP contribution in [0.4, 0.5) is 4.39 Å². The highest BCUT2D eigenvalue weighted by Crippen LogP contribution is 2.19. The molecule has 0 radical (unpaired) electrons. The summed E-state index contributed by atoms with van der Waals surface area (Å²) in [7, 11) is 0. The summed E-state index contributed by atoms with van der Waals surface area (Å²) in [6, 6.07) is 13.8. The third-order valence-electron chi connectivity index (χ3n) is 4.63. The molecule has 152 valence electrons. The molecule has 5 nitrogen and oxygen atoms in total. The Labute approximate surface area is 170 Å². The molecule has 0 bridgehead atoms. The Kier molecular flexibility index (Phi) is 6.32. The van der Waals surface area contributed by atoms with Crippen molar-refractivity contribution in [2.45, 2.75) is 46.8 Å². The van der Waals surface area contributed by atoms with Crippen LogP contribution in [0.1, 0.15) is 36.4 Å². The van der Waals surface area contributed by atoms with Crippen LogP contribution < -0.4 is 10.1 Å². The van der Waals surface area contributed by atoms with Gasteiger partial charge in [-0.1, -0.05) is 12.1 Å². The number of ether oxygens (including phenoxy) is 1. The number of nitrogens with one attached hydrogen (secondary N) is 1. The Morgan fingerprint density at radius 3 is 2.38 bits per heavy atom. The molecule has 2 aromatic carbocycles. The highest BCUT2D eigenvalue weighted by atomic mass is 19.1. The van der Waals surface area contributed by atoms with Gasteiger partial charge in [-0.25, -0.2) is 9.07 Å². The molecule has 1 N–H and O–H groups in total. The van der Waals surface area contributed by atoms with Gasteiger partial charge < -0.3 is 10.1 Å². The molecule has 0 unspecified atom stereocenters. The summed E-state index contributed by atoms with van der Waals surface area (Å²) in [6.45, 7) is 8.21. The molecule has 0 fully saturated rings. The maximum Gasteiger partial charge on any atom is 0.224 e. The molecule has 0 atom stereocenters. The molecule has 0 spiro atoms. The fourth-order valence-electron chi connectivity index (χ4n) is 3.15. The van der Waals surface area contributed by atoms with E-state index in [1.165, 1.54) is 12.1 Å². The van der Waals surface area contributed by atoms with E-state index < -0.39 is 0 Å². The van der Waals surface area contributed by atoms with E-state index in [2.05, 4.69) is 10.4 Å². The number of nitrogens with zero attached hydrogens (tertiary/aromatic N) is 2. The van der Waals surface area contributed by atoms with Gasteiger partial charge in [0, 0.05) is 17.8 Å². The molecule has 3 rings (SSSR count). The number of amides is 1. The molecule has 3 aromatic rings. The minimum Gasteiger partial charge on any atom is -0.491 e. The first kappa shape index (κ1) is 20.6. The van der Waals surface area contributed by atoms with Crippen LogP contribution in [0.25, 0.3) is 5.69 Å². The van der Waals surface area contributed by atoms with Gasteiger partial charge in [-0.15, -0.1) is 0 Å². The zero-order valence-electron chi connectivity index (χ0n) is 17.2.